The van der Waals surface area contributed by atoms with Gasteiger partial charge in [0.25, 0.3) is 0 Å². The van der Waals surface area contributed by atoms with Gasteiger partial charge in [-0.05, 0) is 37.5 Å². The predicted octanol–water partition coefficient (Wildman–Crippen LogP) is 2.44. The summed E-state index contributed by atoms with van der Waals surface area (Å²) in [6.45, 7) is 5.88. The molecule has 0 radical (unpaired) electrons. The minimum atomic E-state index is -0.0818. The number of fused-ring (bicyclic) bond motifs is 1. The summed E-state index contributed by atoms with van der Waals surface area (Å²) >= 11 is 0. The standard InChI is InChI=1S/C15H21NO2/c1-15(2)8-12-7-10(3-4-13(12)18-15)14(16)11-5-6-17-9-11/h3-4,7,11,14H,5-6,8-9,16H2,1-2H3. The lowest BCUT2D eigenvalue weighted by Gasteiger charge is -2.18. The van der Waals surface area contributed by atoms with E-state index < -0.39 is 0 Å². The molecule has 1 aromatic carbocycles. The van der Waals surface area contributed by atoms with Crippen molar-refractivity contribution in [3.05, 3.63) is 29.3 Å². The second-order valence-electron chi connectivity index (χ2n) is 6.06. The molecule has 2 unspecified atom stereocenters. The zero-order chi connectivity index (χ0) is 12.8. The Kier molecular flexibility index (Phi) is 2.83. The normalized spacial score (nSPS) is 26.7. The second kappa shape index (κ2) is 4.25. The second-order valence-corrected chi connectivity index (χ2v) is 6.06. The van der Waals surface area contributed by atoms with Gasteiger partial charge in [-0.3, -0.25) is 0 Å². The van der Waals surface area contributed by atoms with E-state index in [1.807, 2.05) is 0 Å². The maximum atomic E-state index is 6.34. The van der Waals surface area contributed by atoms with Crippen molar-refractivity contribution < 1.29 is 9.47 Å². The van der Waals surface area contributed by atoms with Crippen LogP contribution in [0.15, 0.2) is 18.2 Å². The van der Waals surface area contributed by atoms with Gasteiger partial charge >= 0.3 is 0 Å². The van der Waals surface area contributed by atoms with Crippen LogP contribution in [0.2, 0.25) is 0 Å². The number of rotatable bonds is 2. The molecule has 2 aliphatic rings. The Morgan fingerprint density at radius 3 is 2.94 bits per heavy atom. The van der Waals surface area contributed by atoms with Crippen LogP contribution in [0, 0.1) is 5.92 Å². The molecule has 1 aromatic rings. The molecule has 0 spiro atoms. The third-order valence-electron chi connectivity index (χ3n) is 3.94. The zero-order valence-electron chi connectivity index (χ0n) is 11.1. The fourth-order valence-corrected chi connectivity index (χ4v) is 2.94. The molecule has 18 heavy (non-hydrogen) atoms. The fourth-order valence-electron chi connectivity index (χ4n) is 2.94. The van der Waals surface area contributed by atoms with Crippen LogP contribution in [0.5, 0.6) is 5.75 Å². The molecule has 0 saturated carbocycles. The molecule has 1 saturated heterocycles. The number of benzene rings is 1. The lowest BCUT2D eigenvalue weighted by molar-refractivity contribution is 0.138. The minimum Gasteiger partial charge on any atom is -0.487 e. The maximum Gasteiger partial charge on any atom is 0.123 e. The van der Waals surface area contributed by atoms with Gasteiger partial charge in [-0.15, -0.1) is 0 Å². The lowest BCUT2D eigenvalue weighted by atomic mass is 9.91. The Bertz CT molecular complexity index is 450. The van der Waals surface area contributed by atoms with Gasteiger partial charge < -0.3 is 15.2 Å². The Morgan fingerprint density at radius 2 is 2.22 bits per heavy atom. The van der Waals surface area contributed by atoms with Gasteiger partial charge in [-0.2, -0.15) is 0 Å². The molecule has 1 fully saturated rings. The van der Waals surface area contributed by atoms with E-state index in [1.54, 1.807) is 0 Å². The van der Waals surface area contributed by atoms with Crippen molar-refractivity contribution >= 4 is 0 Å². The van der Waals surface area contributed by atoms with Crippen LogP contribution in [0.1, 0.15) is 37.4 Å². The van der Waals surface area contributed by atoms with Crippen LogP contribution in [0.25, 0.3) is 0 Å². The SMILES string of the molecule is CC1(C)Cc2cc(C(N)C3CCOC3)ccc2O1. The summed E-state index contributed by atoms with van der Waals surface area (Å²) in [6.07, 6.45) is 2.03. The predicted molar refractivity (Wildman–Crippen MR) is 70.7 cm³/mol. The molecular weight excluding hydrogens is 226 g/mol. The van der Waals surface area contributed by atoms with Crippen molar-refractivity contribution in [1.29, 1.82) is 0 Å². The molecule has 3 heteroatoms. The average molecular weight is 247 g/mol. The summed E-state index contributed by atoms with van der Waals surface area (Å²) in [5.41, 5.74) is 8.76. The number of ether oxygens (including phenoxy) is 2. The first-order valence-corrected chi connectivity index (χ1v) is 6.70. The van der Waals surface area contributed by atoms with Crippen molar-refractivity contribution in [1.82, 2.24) is 0 Å². The van der Waals surface area contributed by atoms with E-state index in [1.165, 1.54) is 11.1 Å². The monoisotopic (exact) mass is 247 g/mol. The maximum absolute atomic E-state index is 6.34. The van der Waals surface area contributed by atoms with Crippen molar-refractivity contribution in [3.8, 4) is 5.75 Å². The quantitative estimate of drug-likeness (QED) is 0.873. The van der Waals surface area contributed by atoms with Gasteiger partial charge in [0.15, 0.2) is 0 Å². The first-order chi connectivity index (χ1) is 8.55. The van der Waals surface area contributed by atoms with Crippen LogP contribution < -0.4 is 10.5 Å². The summed E-state index contributed by atoms with van der Waals surface area (Å²) in [5.74, 6) is 1.47. The van der Waals surface area contributed by atoms with E-state index >= 15 is 0 Å². The molecule has 0 aromatic heterocycles. The molecule has 3 rings (SSSR count). The molecule has 2 heterocycles. The van der Waals surface area contributed by atoms with Gasteiger partial charge in [0.05, 0.1) is 6.61 Å². The highest BCUT2D eigenvalue weighted by molar-refractivity contribution is 5.42. The number of hydrogen-bond donors (Lipinski definition) is 1. The molecule has 0 aliphatic carbocycles. The Hall–Kier alpha value is -1.06. The third kappa shape index (κ3) is 2.13. The number of hydrogen-bond acceptors (Lipinski definition) is 3. The van der Waals surface area contributed by atoms with Crippen molar-refractivity contribution in [3.63, 3.8) is 0 Å². The molecule has 3 nitrogen and oxygen atoms in total. The van der Waals surface area contributed by atoms with E-state index in [4.69, 9.17) is 15.2 Å². The van der Waals surface area contributed by atoms with Crippen molar-refractivity contribution in [2.75, 3.05) is 13.2 Å². The summed E-state index contributed by atoms with van der Waals surface area (Å²) in [5, 5.41) is 0. The highest BCUT2D eigenvalue weighted by atomic mass is 16.5. The molecule has 2 N–H and O–H groups in total. The molecular formula is C15H21NO2. The van der Waals surface area contributed by atoms with Crippen LogP contribution in [0.4, 0.5) is 0 Å². The Morgan fingerprint density at radius 1 is 1.39 bits per heavy atom. The van der Waals surface area contributed by atoms with E-state index in [0.717, 1.165) is 31.8 Å². The van der Waals surface area contributed by atoms with E-state index in [2.05, 4.69) is 32.0 Å². The van der Waals surface area contributed by atoms with Crippen molar-refractivity contribution in [2.45, 2.75) is 38.3 Å². The van der Waals surface area contributed by atoms with Gasteiger partial charge in [0.1, 0.15) is 11.4 Å². The van der Waals surface area contributed by atoms with Gasteiger partial charge in [0.2, 0.25) is 0 Å². The highest BCUT2D eigenvalue weighted by Gasteiger charge is 2.31. The summed E-state index contributed by atoms with van der Waals surface area (Å²) in [6, 6.07) is 6.47. The first-order valence-electron chi connectivity index (χ1n) is 6.70. The molecule has 2 atom stereocenters. The molecule has 0 amide bonds. The molecule has 0 bridgehead atoms. The highest BCUT2D eigenvalue weighted by Crippen LogP contribution is 2.37. The minimum absolute atomic E-state index is 0.0818. The zero-order valence-corrected chi connectivity index (χ0v) is 11.1. The fraction of sp³-hybridized carbons (Fsp3) is 0.600. The van der Waals surface area contributed by atoms with E-state index in [-0.39, 0.29) is 11.6 Å². The first kappa shape index (κ1) is 12.0. The Balaban J connectivity index is 1.83. The van der Waals surface area contributed by atoms with E-state index in [9.17, 15) is 0 Å². The van der Waals surface area contributed by atoms with Crippen LogP contribution >= 0.6 is 0 Å². The van der Waals surface area contributed by atoms with Gasteiger partial charge in [-0.1, -0.05) is 12.1 Å². The Labute approximate surface area is 108 Å². The smallest absolute Gasteiger partial charge is 0.123 e. The van der Waals surface area contributed by atoms with Gasteiger partial charge in [-0.25, -0.2) is 0 Å². The van der Waals surface area contributed by atoms with Gasteiger partial charge in [0, 0.05) is 25.0 Å². The average Bonchev–Trinajstić information content (AvgIpc) is 2.91. The molecule has 98 valence electrons. The van der Waals surface area contributed by atoms with Crippen LogP contribution in [-0.4, -0.2) is 18.8 Å². The van der Waals surface area contributed by atoms with Crippen LogP contribution in [0.3, 0.4) is 0 Å². The summed E-state index contributed by atoms with van der Waals surface area (Å²) in [7, 11) is 0. The summed E-state index contributed by atoms with van der Waals surface area (Å²) < 4.78 is 11.3. The summed E-state index contributed by atoms with van der Waals surface area (Å²) in [4.78, 5) is 0. The number of nitrogens with two attached hydrogens (primary N) is 1. The lowest BCUT2D eigenvalue weighted by Crippen LogP contribution is -2.24. The third-order valence-corrected chi connectivity index (χ3v) is 3.94. The van der Waals surface area contributed by atoms with Crippen LogP contribution in [-0.2, 0) is 11.2 Å². The topological polar surface area (TPSA) is 44.5 Å². The molecule has 2 aliphatic heterocycles. The van der Waals surface area contributed by atoms with Crippen molar-refractivity contribution in [2.24, 2.45) is 11.7 Å². The largest absolute Gasteiger partial charge is 0.487 e. The van der Waals surface area contributed by atoms with E-state index in [0.29, 0.717) is 5.92 Å².